The third-order valence-electron chi connectivity index (χ3n) is 4.21. The van der Waals surface area contributed by atoms with Crippen molar-refractivity contribution in [3.05, 3.63) is 63.3 Å². The summed E-state index contributed by atoms with van der Waals surface area (Å²) in [7, 11) is 0. The van der Waals surface area contributed by atoms with Crippen LogP contribution in [0, 0.1) is 5.82 Å². The molecule has 0 unspecified atom stereocenters. The highest BCUT2D eigenvalue weighted by molar-refractivity contribution is 9.10. The van der Waals surface area contributed by atoms with Crippen molar-refractivity contribution in [1.82, 2.24) is 9.80 Å². The molecule has 0 spiro atoms. The molecule has 1 saturated heterocycles. The Labute approximate surface area is 169 Å². The molecule has 5 nitrogen and oxygen atoms in total. The Morgan fingerprint density at radius 2 is 1.67 bits per heavy atom. The average molecular weight is 456 g/mol. The summed E-state index contributed by atoms with van der Waals surface area (Å²) in [5, 5.41) is 0.597. The zero-order valence-electron chi connectivity index (χ0n) is 14.3. The van der Waals surface area contributed by atoms with Crippen LogP contribution in [0.3, 0.4) is 0 Å². The number of nitrogens with zero attached hydrogens (tertiary/aromatic N) is 2. The van der Waals surface area contributed by atoms with Crippen molar-refractivity contribution < 1.29 is 18.7 Å². The molecule has 2 aromatic carbocycles. The quantitative estimate of drug-likeness (QED) is 0.708. The van der Waals surface area contributed by atoms with Gasteiger partial charge in [-0.2, -0.15) is 0 Å². The topological polar surface area (TPSA) is 49.9 Å². The molecule has 2 amide bonds. The molecule has 0 radical (unpaired) electrons. The summed E-state index contributed by atoms with van der Waals surface area (Å²) in [6.45, 7) is 1.52. The smallest absolute Gasteiger partial charge is 0.260 e. The molecule has 0 N–H and O–H groups in total. The summed E-state index contributed by atoms with van der Waals surface area (Å²) >= 11 is 9.00. The van der Waals surface area contributed by atoms with E-state index in [0.29, 0.717) is 41.4 Å². The van der Waals surface area contributed by atoms with Crippen molar-refractivity contribution in [2.45, 2.75) is 0 Å². The number of ether oxygens (including phenoxy) is 1. The first-order valence-corrected chi connectivity index (χ1v) is 9.51. The average Bonchev–Trinajstić information content (AvgIpc) is 2.66. The summed E-state index contributed by atoms with van der Waals surface area (Å²) in [5.74, 6) is -0.301. The molecule has 0 saturated carbocycles. The Morgan fingerprint density at radius 3 is 2.30 bits per heavy atom. The maximum Gasteiger partial charge on any atom is 0.260 e. The fraction of sp³-hybridized carbons (Fsp3) is 0.263. The zero-order valence-corrected chi connectivity index (χ0v) is 16.7. The molecule has 0 aliphatic carbocycles. The van der Waals surface area contributed by atoms with Gasteiger partial charge in [0.2, 0.25) is 0 Å². The monoisotopic (exact) mass is 454 g/mol. The van der Waals surface area contributed by atoms with Crippen LogP contribution >= 0.6 is 27.5 Å². The number of hydrogen-bond donors (Lipinski definition) is 0. The predicted octanol–water partition coefficient (Wildman–Crippen LogP) is 3.61. The highest BCUT2D eigenvalue weighted by atomic mass is 79.9. The number of amides is 2. The number of carbonyl (C=O) groups excluding carboxylic acids is 2. The first-order chi connectivity index (χ1) is 12.9. The number of benzene rings is 2. The van der Waals surface area contributed by atoms with E-state index in [0.717, 1.165) is 0 Å². The van der Waals surface area contributed by atoms with Gasteiger partial charge in [0.1, 0.15) is 11.6 Å². The molecule has 1 aliphatic rings. The molecule has 8 heteroatoms. The normalized spacial score (nSPS) is 14.2. The van der Waals surface area contributed by atoms with E-state index >= 15 is 0 Å². The van der Waals surface area contributed by atoms with Gasteiger partial charge in [-0.05, 0) is 42.5 Å². The summed E-state index contributed by atoms with van der Waals surface area (Å²) in [4.78, 5) is 28.1. The van der Waals surface area contributed by atoms with Crippen LogP contribution in [0.2, 0.25) is 5.02 Å². The highest BCUT2D eigenvalue weighted by Crippen LogP contribution is 2.18. The lowest BCUT2D eigenvalue weighted by atomic mass is 10.1. The van der Waals surface area contributed by atoms with Crippen molar-refractivity contribution in [2.24, 2.45) is 0 Å². The van der Waals surface area contributed by atoms with E-state index < -0.39 is 5.82 Å². The Bertz CT molecular complexity index is 819. The van der Waals surface area contributed by atoms with Gasteiger partial charge in [0.25, 0.3) is 11.8 Å². The van der Waals surface area contributed by atoms with Crippen LogP contribution in [0.4, 0.5) is 4.39 Å². The molecule has 142 valence electrons. The first-order valence-electron chi connectivity index (χ1n) is 8.34. The van der Waals surface area contributed by atoms with Crippen molar-refractivity contribution >= 4 is 39.3 Å². The van der Waals surface area contributed by atoms with E-state index in [-0.39, 0.29) is 24.0 Å². The molecule has 27 heavy (non-hydrogen) atoms. The van der Waals surface area contributed by atoms with Crippen molar-refractivity contribution in [1.29, 1.82) is 0 Å². The molecule has 0 atom stereocenters. The van der Waals surface area contributed by atoms with E-state index in [9.17, 15) is 14.0 Å². The Morgan fingerprint density at radius 1 is 1.04 bits per heavy atom. The van der Waals surface area contributed by atoms with Crippen LogP contribution < -0.4 is 4.74 Å². The van der Waals surface area contributed by atoms with Crippen LogP contribution in [0.5, 0.6) is 5.75 Å². The van der Waals surface area contributed by atoms with Gasteiger partial charge in [-0.3, -0.25) is 9.59 Å². The van der Waals surface area contributed by atoms with Gasteiger partial charge < -0.3 is 14.5 Å². The Kier molecular flexibility index (Phi) is 6.34. The van der Waals surface area contributed by atoms with E-state index in [2.05, 4.69) is 15.9 Å². The second-order valence-electron chi connectivity index (χ2n) is 6.07. The predicted molar refractivity (Wildman–Crippen MR) is 104 cm³/mol. The van der Waals surface area contributed by atoms with E-state index in [1.165, 1.54) is 12.1 Å². The van der Waals surface area contributed by atoms with Crippen LogP contribution in [0.1, 0.15) is 10.4 Å². The Hall–Kier alpha value is -2.12. The van der Waals surface area contributed by atoms with Gasteiger partial charge in [-0.1, -0.05) is 27.5 Å². The lowest BCUT2D eigenvalue weighted by Gasteiger charge is -2.34. The molecule has 1 heterocycles. The first kappa shape index (κ1) is 19.6. The standard InChI is InChI=1S/C19H17BrClFN2O3/c20-14-9-13(10-16(22)11-14)19(26)24-7-5-23(6-8-24)18(25)12-27-17-3-1-15(21)2-4-17/h1-4,9-11H,5-8,12H2. The minimum Gasteiger partial charge on any atom is -0.484 e. The summed E-state index contributed by atoms with van der Waals surface area (Å²) in [6, 6.07) is 10.9. The Balaban J connectivity index is 1.51. The van der Waals surface area contributed by atoms with Crippen LogP contribution in [-0.4, -0.2) is 54.4 Å². The number of halogens is 3. The summed E-state index contributed by atoms with van der Waals surface area (Å²) < 4.78 is 19.5. The zero-order chi connectivity index (χ0) is 19.4. The fourth-order valence-corrected chi connectivity index (χ4v) is 3.38. The number of piperazine rings is 1. The molecule has 1 aliphatic heterocycles. The molecular weight excluding hydrogens is 439 g/mol. The van der Waals surface area contributed by atoms with Crippen LogP contribution in [0.15, 0.2) is 46.9 Å². The summed E-state index contributed by atoms with van der Waals surface area (Å²) in [6.07, 6.45) is 0. The molecule has 0 aromatic heterocycles. The SMILES string of the molecule is O=C(COc1ccc(Cl)cc1)N1CCN(C(=O)c2cc(F)cc(Br)c2)CC1. The number of hydrogen-bond acceptors (Lipinski definition) is 3. The van der Waals surface area contributed by atoms with Crippen LogP contribution in [-0.2, 0) is 4.79 Å². The lowest BCUT2D eigenvalue weighted by Crippen LogP contribution is -2.51. The fourth-order valence-electron chi connectivity index (χ4n) is 2.79. The van der Waals surface area contributed by atoms with Crippen molar-refractivity contribution in [2.75, 3.05) is 32.8 Å². The van der Waals surface area contributed by atoms with Gasteiger partial charge in [0, 0.05) is 41.2 Å². The number of rotatable bonds is 4. The van der Waals surface area contributed by atoms with Gasteiger partial charge in [-0.15, -0.1) is 0 Å². The second-order valence-corrected chi connectivity index (χ2v) is 7.43. The maximum atomic E-state index is 13.5. The van der Waals surface area contributed by atoms with E-state index in [1.54, 1.807) is 40.1 Å². The van der Waals surface area contributed by atoms with Crippen molar-refractivity contribution in [3.8, 4) is 5.75 Å². The van der Waals surface area contributed by atoms with Crippen molar-refractivity contribution in [3.63, 3.8) is 0 Å². The second kappa shape index (κ2) is 8.71. The molecule has 3 rings (SSSR count). The van der Waals surface area contributed by atoms with E-state index in [1.807, 2.05) is 0 Å². The molecular formula is C19H17BrClFN2O3. The summed E-state index contributed by atoms with van der Waals surface area (Å²) in [5.41, 5.74) is 0.285. The minimum atomic E-state index is -0.471. The lowest BCUT2D eigenvalue weighted by molar-refractivity contribution is -0.134. The minimum absolute atomic E-state index is 0.0770. The van der Waals surface area contributed by atoms with Gasteiger partial charge in [0.05, 0.1) is 0 Å². The highest BCUT2D eigenvalue weighted by Gasteiger charge is 2.25. The van der Waals surface area contributed by atoms with E-state index in [4.69, 9.17) is 16.3 Å². The van der Waals surface area contributed by atoms with Gasteiger partial charge >= 0.3 is 0 Å². The van der Waals surface area contributed by atoms with Gasteiger partial charge in [-0.25, -0.2) is 4.39 Å². The van der Waals surface area contributed by atoms with Gasteiger partial charge in [0.15, 0.2) is 6.61 Å². The molecule has 0 bridgehead atoms. The number of carbonyl (C=O) groups is 2. The third-order valence-corrected chi connectivity index (χ3v) is 4.91. The maximum absolute atomic E-state index is 13.5. The largest absolute Gasteiger partial charge is 0.484 e. The van der Waals surface area contributed by atoms with Crippen LogP contribution in [0.25, 0.3) is 0 Å². The molecule has 1 fully saturated rings. The third kappa shape index (κ3) is 5.20. The molecule has 2 aromatic rings.